The molecule has 0 saturated carbocycles. The van der Waals surface area contributed by atoms with Crippen molar-refractivity contribution in [2.24, 2.45) is 0 Å². The minimum atomic E-state index is -0.473. The van der Waals surface area contributed by atoms with Gasteiger partial charge in [-0.2, -0.15) is 0 Å². The number of likely N-dealkylation sites (tertiary alicyclic amines) is 1. The first kappa shape index (κ1) is 12.1. The van der Waals surface area contributed by atoms with E-state index in [1.165, 1.54) is 0 Å². The molecule has 0 aliphatic carbocycles. The average molecular weight is 233 g/mol. The van der Waals surface area contributed by atoms with Gasteiger partial charge in [0, 0.05) is 12.1 Å². The van der Waals surface area contributed by atoms with Crippen LogP contribution in [0.3, 0.4) is 0 Å². The van der Waals surface area contributed by atoms with Crippen LogP contribution in [0.15, 0.2) is 24.3 Å². The first-order chi connectivity index (χ1) is 7.94. The standard InChI is InChI=1S/C14H19NO2/c1-10-6-4-5-7-11(10)13(17)15-9-8-12(16)14(15,2)3/h4-7,12,16H,8-9H2,1-3H3. The molecular weight excluding hydrogens is 214 g/mol. The van der Waals surface area contributed by atoms with Gasteiger partial charge >= 0.3 is 0 Å². The van der Waals surface area contributed by atoms with E-state index < -0.39 is 11.6 Å². The molecule has 1 fully saturated rings. The zero-order valence-electron chi connectivity index (χ0n) is 10.6. The topological polar surface area (TPSA) is 40.5 Å². The number of aryl methyl sites for hydroxylation is 1. The van der Waals surface area contributed by atoms with E-state index >= 15 is 0 Å². The van der Waals surface area contributed by atoms with Crippen molar-refractivity contribution in [2.45, 2.75) is 38.8 Å². The second-order valence-electron chi connectivity index (χ2n) is 5.23. The fourth-order valence-electron chi connectivity index (χ4n) is 2.39. The average Bonchev–Trinajstić information content (AvgIpc) is 2.54. The predicted molar refractivity (Wildman–Crippen MR) is 66.9 cm³/mol. The molecule has 0 bridgehead atoms. The molecule has 0 aromatic heterocycles. The van der Waals surface area contributed by atoms with E-state index in [4.69, 9.17) is 0 Å². The molecule has 1 N–H and O–H groups in total. The Morgan fingerprint density at radius 1 is 1.41 bits per heavy atom. The van der Waals surface area contributed by atoms with E-state index in [1.54, 1.807) is 4.90 Å². The lowest BCUT2D eigenvalue weighted by Crippen LogP contribution is -2.48. The number of carbonyl (C=O) groups is 1. The fraction of sp³-hybridized carbons (Fsp3) is 0.500. The van der Waals surface area contributed by atoms with Gasteiger partial charge in [-0.05, 0) is 38.8 Å². The first-order valence-electron chi connectivity index (χ1n) is 6.00. The highest BCUT2D eigenvalue weighted by Crippen LogP contribution is 2.30. The van der Waals surface area contributed by atoms with Gasteiger partial charge in [-0.25, -0.2) is 0 Å². The van der Waals surface area contributed by atoms with Crippen LogP contribution >= 0.6 is 0 Å². The molecule has 1 aromatic carbocycles. The summed E-state index contributed by atoms with van der Waals surface area (Å²) < 4.78 is 0. The van der Waals surface area contributed by atoms with Gasteiger partial charge in [0.25, 0.3) is 5.91 Å². The largest absolute Gasteiger partial charge is 0.391 e. The third-order valence-corrected chi connectivity index (χ3v) is 3.76. The summed E-state index contributed by atoms with van der Waals surface area (Å²) >= 11 is 0. The van der Waals surface area contributed by atoms with Crippen molar-refractivity contribution < 1.29 is 9.90 Å². The maximum atomic E-state index is 12.4. The van der Waals surface area contributed by atoms with E-state index in [0.29, 0.717) is 13.0 Å². The van der Waals surface area contributed by atoms with Crippen molar-refractivity contribution in [1.82, 2.24) is 4.90 Å². The van der Waals surface area contributed by atoms with Gasteiger partial charge in [0.2, 0.25) is 0 Å². The summed E-state index contributed by atoms with van der Waals surface area (Å²) in [6.07, 6.45) is 0.223. The lowest BCUT2D eigenvalue weighted by molar-refractivity contribution is 0.0394. The Balaban J connectivity index is 2.31. The van der Waals surface area contributed by atoms with E-state index in [-0.39, 0.29) is 5.91 Å². The lowest BCUT2D eigenvalue weighted by atomic mass is 9.97. The highest BCUT2D eigenvalue weighted by molar-refractivity contribution is 5.96. The number of carbonyl (C=O) groups excluding carboxylic acids is 1. The molecule has 0 spiro atoms. The molecule has 1 saturated heterocycles. The van der Waals surface area contributed by atoms with Gasteiger partial charge in [-0.15, -0.1) is 0 Å². The third-order valence-electron chi connectivity index (χ3n) is 3.76. The Labute approximate surface area is 102 Å². The predicted octanol–water partition coefficient (Wildman–Crippen LogP) is 1.98. The van der Waals surface area contributed by atoms with Crippen LogP contribution in [0.1, 0.15) is 36.2 Å². The summed E-state index contributed by atoms with van der Waals surface area (Å²) in [7, 11) is 0. The molecule has 2 rings (SSSR count). The monoisotopic (exact) mass is 233 g/mol. The van der Waals surface area contributed by atoms with Gasteiger partial charge in [0.15, 0.2) is 0 Å². The second-order valence-corrected chi connectivity index (χ2v) is 5.23. The van der Waals surface area contributed by atoms with Crippen molar-refractivity contribution >= 4 is 5.91 Å². The van der Waals surface area contributed by atoms with Gasteiger partial charge in [0.05, 0.1) is 11.6 Å². The molecule has 1 aliphatic rings. The van der Waals surface area contributed by atoms with Crippen molar-refractivity contribution in [3.63, 3.8) is 0 Å². The molecule has 0 radical (unpaired) electrons. The van der Waals surface area contributed by atoms with Crippen LogP contribution in [-0.4, -0.2) is 34.1 Å². The molecule has 3 heteroatoms. The third kappa shape index (κ3) is 1.95. The Morgan fingerprint density at radius 2 is 2.06 bits per heavy atom. The second kappa shape index (κ2) is 4.15. The Hall–Kier alpha value is -1.35. The number of aliphatic hydroxyl groups is 1. The summed E-state index contributed by atoms with van der Waals surface area (Å²) in [6.45, 7) is 6.40. The number of rotatable bonds is 1. The fourth-order valence-corrected chi connectivity index (χ4v) is 2.39. The van der Waals surface area contributed by atoms with E-state index in [2.05, 4.69) is 0 Å². The summed E-state index contributed by atoms with van der Waals surface area (Å²) in [4.78, 5) is 14.2. The maximum absolute atomic E-state index is 12.4. The first-order valence-corrected chi connectivity index (χ1v) is 6.00. The van der Waals surface area contributed by atoms with Gasteiger partial charge < -0.3 is 10.0 Å². The van der Waals surface area contributed by atoms with E-state index in [9.17, 15) is 9.90 Å². The van der Waals surface area contributed by atoms with Gasteiger partial charge in [-0.1, -0.05) is 18.2 Å². The number of aliphatic hydroxyl groups excluding tert-OH is 1. The van der Waals surface area contributed by atoms with Crippen LogP contribution in [0.25, 0.3) is 0 Å². The summed E-state index contributed by atoms with van der Waals surface area (Å²) in [5.41, 5.74) is 1.24. The Kier molecular flexibility index (Phi) is 2.96. The molecular formula is C14H19NO2. The van der Waals surface area contributed by atoms with Crippen molar-refractivity contribution in [1.29, 1.82) is 0 Å². The van der Waals surface area contributed by atoms with Crippen molar-refractivity contribution in [2.75, 3.05) is 6.54 Å². The quantitative estimate of drug-likeness (QED) is 0.805. The number of hydrogen-bond donors (Lipinski definition) is 1. The molecule has 92 valence electrons. The SMILES string of the molecule is Cc1ccccc1C(=O)N1CCC(O)C1(C)C. The highest BCUT2D eigenvalue weighted by atomic mass is 16.3. The van der Waals surface area contributed by atoms with Gasteiger partial charge in [0.1, 0.15) is 0 Å². The Morgan fingerprint density at radius 3 is 2.59 bits per heavy atom. The minimum Gasteiger partial charge on any atom is -0.391 e. The van der Waals surface area contributed by atoms with Crippen molar-refractivity contribution in [3.05, 3.63) is 35.4 Å². The number of nitrogens with zero attached hydrogens (tertiary/aromatic N) is 1. The lowest BCUT2D eigenvalue weighted by Gasteiger charge is -2.34. The van der Waals surface area contributed by atoms with Crippen molar-refractivity contribution in [3.8, 4) is 0 Å². The van der Waals surface area contributed by atoms with Crippen LogP contribution in [0.4, 0.5) is 0 Å². The zero-order valence-corrected chi connectivity index (χ0v) is 10.6. The summed E-state index contributed by atoms with van der Waals surface area (Å²) in [5.74, 6) is 0.0182. The number of amides is 1. The smallest absolute Gasteiger partial charge is 0.254 e. The van der Waals surface area contributed by atoms with Gasteiger partial charge in [-0.3, -0.25) is 4.79 Å². The normalized spacial score (nSPS) is 22.8. The number of benzene rings is 1. The molecule has 1 aliphatic heterocycles. The minimum absolute atomic E-state index is 0.0182. The molecule has 3 nitrogen and oxygen atoms in total. The Bertz CT molecular complexity index is 440. The summed E-state index contributed by atoms with van der Waals surface area (Å²) in [6, 6.07) is 7.58. The summed E-state index contributed by atoms with van der Waals surface area (Å²) in [5, 5.41) is 9.90. The highest BCUT2D eigenvalue weighted by Gasteiger charge is 2.43. The number of hydrogen-bond acceptors (Lipinski definition) is 2. The molecule has 17 heavy (non-hydrogen) atoms. The molecule has 1 atom stereocenters. The van der Waals surface area contributed by atoms with E-state index in [0.717, 1.165) is 11.1 Å². The molecule has 1 unspecified atom stereocenters. The van der Waals surface area contributed by atoms with Crippen LogP contribution in [0.2, 0.25) is 0 Å². The van der Waals surface area contributed by atoms with Crippen LogP contribution < -0.4 is 0 Å². The van der Waals surface area contributed by atoms with E-state index in [1.807, 2.05) is 45.0 Å². The zero-order chi connectivity index (χ0) is 12.6. The molecule has 1 amide bonds. The maximum Gasteiger partial charge on any atom is 0.254 e. The van der Waals surface area contributed by atoms with Crippen LogP contribution in [0, 0.1) is 6.92 Å². The molecule has 1 heterocycles. The molecule has 1 aromatic rings. The van der Waals surface area contributed by atoms with Crippen LogP contribution in [-0.2, 0) is 0 Å². The van der Waals surface area contributed by atoms with Crippen LogP contribution in [0.5, 0.6) is 0 Å².